The van der Waals surface area contributed by atoms with Crippen LogP contribution in [0.2, 0.25) is 0 Å². The number of rotatable bonds is 6. The van der Waals surface area contributed by atoms with Crippen LogP contribution in [0, 0.1) is 12.7 Å². The lowest BCUT2D eigenvalue weighted by molar-refractivity contribution is -0.122. The highest BCUT2D eigenvalue weighted by molar-refractivity contribution is 8.18. The van der Waals surface area contributed by atoms with Crippen molar-refractivity contribution in [2.45, 2.75) is 20.4 Å². The molecule has 0 radical (unpaired) electrons. The zero-order chi connectivity index (χ0) is 26.8. The van der Waals surface area contributed by atoms with Crippen molar-refractivity contribution in [3.8, 4) is 0 Å². The molecule has 0 unspecified atom stereocenters. The van der Waals surface area contributed by atoms with E-state index in [1.807, 2.05) is 50.3 Å². The number of nitrogens with zero attached hydrogens (tertiary/aromatic N) is 3. The van der Waals surface area contributed by atoms with Crippen LogP contribution in [-0.2, 0) is 16.1 Å². The second-order valence-electron chi connectivity index (χ2n) is 8.79. The largest absolute Gasteiger partial charge is 0.465 e. The van der Waals surface area contributed by atoms with E-state index in [1.54, 1.807) is 41.3 Å². The summed E-state index contributed by atoms with van der Waals surface area (Å²) in [6.45, 7) is 4.72. The molecule has 1 saturated heterocycles. The van der Waals surface area contributed by atoms with E-state index in [0.29, 0.717) is 40.0 Å². The molecule has 1 aromatic heterocycles. The quantitative estimate of drug-likeness (QED) is 0.211. The van der Waals surface area contributed by atoms with Crippen LogP contribution in [0.15, 0.2) is 82.7 Å². The highest BCUT2D eigenvalue weighted by atomic mass is 32.2. The molecule has 1 amide bonds. The summed E-state index contributed by atoms with van der Waals surface area (Å²) in [5.41, 5.74) is 4.37. The van der Waals surface area contributed by atoms with Crippen LogP contribution in [0.5, 0.6) is 0 Å². The van der Waals surface area contributed by atoms with E-state index in [9.17, 15) is 14.0 Å². The molecule has 6 nitrogen and oxygen atoms in total. The number of methoxy groups -OCH3 is 1. The van der Waals surface area contributed by atoms with E-state index >= 15 is 0 Å². The van der Waals surface area contributed by atoms with E-state index in [2.05, 4.69) is 9.56 Å². The third kappa shape index (κ3) is 4.75. The fourth-order valence-corrected chi connectivity index (χ4v) is 5.62. The van der Waals surface area contributed by atoms with Crippen molar-refractivity contribution in [2.24, 2.45) is 4.99 Å². The van der Waals surface area contributed by atoms with Crippen LogP contribution >= 0.6 is 11.8 Å². The number of amides is 1. The standard InChI is InChI=1S/C30H26FN3O3S/c1-4-33-28(35)27(38-30(33)32-22-12-9-11-20(16-22)29(36)37-3)17-24-19(2)34(26-15-8-6-13-23(24)26)18-21-10-5-7-14-25(21)31/h5-17H,4,18H2,1-3H3. The van der Waals surface area contributed by atoms with Crippen LogP contribution in [0.25, 0.3) is 17.0 Å². The lowest BCUT2D eigenvalue weighted by atomic mass is 10.1. The van der Waals surface area contributed by atoms with Crippen molar-refractivity contribution < 1.29 is 18.7 Å². The summed E-state index contributed by atoms with van der Waals surface area (Å²) in [6, 6.07) is 21.5. The Hall–Kier alpha value is -4.17. The number of aromatic nitrogens is 1. The lowest BCUT2D eigenvalue weighted by Gasteiger charge is -2.12. The Morgan fingerprint density at radius 3 is 2.61 bits per heavy atom. The van der Waals surface area contributed by atoms with Crippen LogP contribution in [-0.4, -0.2) is 40.2 Å². The number of esters is 1. The van der Waals surface area contributed by atoms with Gasteiger partial charge in [0.1, 0.15) is 5.82 Å². The van der Waals surface area contributed by atoms with E-state index in [4.69, 9.17) is 4.74 Å². The van der Waals surface area contributed by atoms with Gasteiger partial charge in [-0.25, -0.2) is 14.2 Å². The first-order valence-electron chi connectivity index (χ1n) is 12.2. The summed E-state index contributed by atoms with van der Waals surface area (Å²) in [7, 11) is 1.33. The number of hydrogen-bond acceptors (Lipinski definition) is 5. The topological polar surface area (TPSA) is 63.9 Å². The fraction of sp³-hybridized carbons (Fsp3) is 0.167. The van der Waals surface area contributed by atoms with Crippen LogP contribution in [0.3, 0.4) is 0 Å². The molecule has 192 valence electrons. The molecule has 0 atom stereocenters. The van der Waals surface area contributed by atoms with Gasteiger partial charge in [-0.3, -0.25) is 9.69 Å². The number of benzene rings is 3. The lowest BCUT2D eigenvalue weighted by Crippen LogP contribution is -2.28. The minimum atomic E-state index is -0.447. The third-order valence-corrected chi connectivity index (χ3v) is 7.54. The summed E-state index contributed by atoms with van der Waals surface area (Å²) in [5, 5.41) is 1.53. The second-order valence-corrected chi connectivity index (χ2v) is 9.80. The van der Waals surface area contributed by atoms with Crippen molar-refractivity contribution in [3.63, 3.8) is 0 Å². The SMILES string of the molecule is CCN1C(=O)C(=Cc2c(C)n(Cc3ccccc3F)c3ccccc23)SC1=Nc1cccc(C(=O)OC)c1. The Morgan fingerprint density at radius 2 is 1.84 bits per heavy atom. The summed E-state index contributed by atoms with van der Waals surface area (Å²) in [6.07, 6.45) is 1.90. The second kappa shape index (κ2) is 10.7. The number of hydrogen-bond donors (Lipinski definition) is 0. The first-order chi connectivity index (χ1) is 18.4. The molecule has 1 fully saturated rings. The first-order valence-corrected chi connectivity index (χ1v) is 13.0. The van der Waals surface area contributed by atoms with Crippen LogP contribution in [0.4, 0.5) is 10.1 Å². The van der Waals surface area contributed by atoms with Gasteiger partial charge in [-0.2, -0.15) is 0 Å². The summed E-state index contributed by atoms with van der Waals surface area (Å²) >= 11 is 1.30. The molecule has 4 aromatic rings. The van der Waals surface area contributed by atoms with E-state index in [0.717, 1.165) is 22.2 Å². The van der Waals surface area contributed by atoms with Gasteiger partial charge in [0.15, 0.2) is 5.17 Å². The average Bonchev–Trinajstić information content (AvgIpc) is 3.37. The third-order valence-electron chi connectivity index (χ3n) is 6.54. The minimum absolute atomic E-state index is 0.134. The molecular formula is C30H26FN3O3S. The average molecular weight is 528 g/mol. The van der Waals surface area contributed by atoms with Crippen LogP contribution in [0.1, 0.15) is 34.1 Å². The molecular weight excluding hydrogens is 501 g/mol. The van der Waals surface area contributed by atoms with Crippen molar-refractivity contribution >= 4 is 51.5 Å². The molecule has 2 heterocycles. The molecule has 0 N–H and O–H groups in total. The Morgan fingerprint density at radius 1 is 1.08 bits per heavy atom. The molecule has 0 aliphatic carbocycles. The van der Waals surface area contributed by atoms with E-state index in [1.165, 1.54) is 24.9 Å². The smallest absolute Gasteiger partial charge is 0.337 e. The molecule has 3 aromatic carbocycles. The maximum Gasteiger partial charge on any atom is 0.337 e. The van der Waals surface area contributed by atoms with Gasteiger partial charge in [-0.15, -0.1) is 0 Å². The van der Waals surface area contributed by atoms with Crippen LogP contribution < -0.4 is 0 Å². The van der Waals surface area contributed by atoms with Gasteiger partial charge in [0.2, 0.25) is 0 Å². The number of carbonyl (C=O) groups is 2. The maximum atomic E-state index is 14.5. The summed E-state index contributed by atoms with van der Waals surface area (Å²) in [4.78, 5) is 32.2. The molecule has 1 aliphatic rings. The predicted octanol–water partition coefficient (Wildman–Crippen LogP) is 6.55. The zero-order valence-electron chi connectivity index (χ0n) is 21.3. The molecule has 0 bridgehead atoms. The first kappa shape index (κ1) is 25.5. The number of aliphatic imine (C=N–C) groups is 1. The summed E-state index contributed by atoms with van der Waals surface area (Å²) < 4.78 is 21.4. The van der Waals surface area contributed by atoms with Gasteiger partial charge >= 0.3 is 5.97 Å². The fourth-order valence-electron chi connectivity index (χ4n) is 4.57. The van der Waals surface area contributed by atoms with Crippen molar-refractivity contribution in [1.82, 2.24) is 9.47 Å². The molecule has 5 rings (SSSR count). The Kier molecular flexibility index (Phi) is 7.15. The van der Waals surface area contributed by atoms with E-state index in [-0.39, 0.29) is 11.7 Å². The Bertz CT molecular complexity index is 1620. The number of para-hydroxylation sites is 1. The molecule has 1 aliphatic heterocycles. The normalized spacial score (nSPS) is 15.7. The van der Waals surface area contributed by atoms with Gasteiger partial charge in [0.25, 0.3) is 5.91 Å². The molecule has 0 saturated carbocycles. The summed E-state index contributed by atoms with van der Waals surface area (Å²) in [5.74, 6) is -0.829. The number of carbonyl (C=O) groups excluding carboxylic acids is 2. The minimum Gasteiger partial charge on any atom is -0.465 e. The highest BCUT2D eigenvalue weighted by Crippen LogP contribution is 2.37. The highest BCUT2D eigenvalue weighted by Gasteiger charge is 2.33. The number of thioether (sulfide) groups is 1. The van der Waals surface area contributed by atoms with Crippen molar-refractivity contribution in [1.29, 1.82) is 0 Å². The van der Waals surface area contributed by atoms with Crippen molar-refractivity contribution in [2.75, 3.05) is 13.7 Å². The zero-order valence-corrected chi connectivity index (χ0v) is 22.1. The van der Waals surface area contributed by atoms with E-state index < -0.39 is 5.97 Å². The maximum absolute atomic E-state index is 14.5. The van der Waals surface area contributed by atoms with Gasteiger partial charge in [-0.1, -0.05) is 42.5 Å². The van der Waals surface area contributed by atoms with Gasteiger partial charge in [0.05, 0.1) is 29.8 Å². The monoisotopic (exact) mass is 527 g/mol. The molecule has 38 heavy (non-hydrogen) atoms. The van der Waals surface area contributed by atoms with Crippen molar-refractivity contribution in [3.05, 3.63) is 106 Å². The number of ether oxygens (including phenoxy) is 1. The van der Waals surface area contributed by atoms with Gasteiger partial charge < -0.3 is 9.30 Å². The number of fused-ring (bicyclic) bond motifs is 1. The van der Waals surface area contributed by atoms with Gasteiger partial charge in [0, 0.05) is 34.3 Å². The Balaban J connectivity index is 1.55. The predicted molar refractivity (Wildman–Crippen MR) is 150 cm³/mol. The molecule has 0 spiro atoms. The molecule has 8 heteroatoms. The number of amidine groups is 1. The number of halogens is 1. The Labute approximate surface area is 224 Å². The number of likely N-dealkylation sites (N-methyl/N-ethyl adjacent to an activating group) is 1. The van der Waals surface area contributed by atoms with Gasteiger partial charge in [-0.05, 0) is 62.0 Å².